The Morgan fingerprint density at radius 2 is 1.52 bits per heavy atom. The van der Waals surface area contributed by atoms with Crippen molar-refractivity contribution in [3.63, 3.8) is 0 Å². The minimum Gasteiger partial charge on any atom is -0.445 e. The maximum atomic E-state index is 13.6. The lowest BCUT2D eigenvalue weighted by molar-refractivity contribution is -0.125. The maximum Gasteiger partial charge on any atom is 0.408 e. The van der Waals surface area contributed by atoms with E-state index < -0.39 is 43.3 Å². The lowest BCUT2D eigenvalue weighted by atomic mass is 10.0. The summed E-state index contributed by atoms with van der Waals surface area (Å²) in [6.07, 6.45) is 0.347. The van der Waals surface area contributed by atoms with Crippen molar-refractivity contribution in [2.24, 2.45) is 5.73 Å². The van der Waals surface area contributed by atoms with Crippen molar-refractivity contribution in [1.82, 2.24) is 15.6 Å². The molecule has 4 aromatic rings. The number of aromatic amines is 1. The van der Waals surface area contributed by atoms with Crippen LogP contribution in [0.1, 0.15) is 16.7 Å². The van der Waals surface area contributed by atoms with Crippen molar-refractivity contribution in [3.8, 4) is 0 Å². The molecule has 0 bridgehead atoms. The first-order valence-corrected chi connectivity index (χ1v) is 15.2. The number of primary amides is 1. The molecule has 0 fully saturated rings. The van der Waals surface area contributed by atoms with Crippen molar-refractivity contribution < 1.29 is 28.6 Å². The van der Waals surface area contributed by atoms with E-state index in [-0.39, 0.29) is 25.0 Å². The average Bonchev–Trinajstić information content (AvgIpc) is 3.39. The Bertz CT molecular complexity index is 1610. The van der Waals surface area contributed by atoms with Gasteiger partial charge in [0, 0.05) is 35.5 Å². The highest BCUT2D eigenvalue weighted by atomic mass is 31.2. The molecule has 6 N–H and O–H groups in total. The molecule has 0 aliphatic rings. The van der Waals surface area contributed by atoms with Crippen LogP contribution >= 0.6 is 7.37 Å². The topological polar surface area (TPSA) is 164 Å². The molecule has 42 heavy (non-hydrogen) atoms. The summed E-state index contributed by atoms with van der Waals surface area (Å²) in [5.41, 5.74) is 8.43. The number of rotatable bonds is 13. The second-order valence-electron chi connectivity index (χ2n) is 9.92. The number of carbonyl (C=O) groups excluding carboxylic acids is 3. The van der Waals surface area contributed by atoms with Gasteiger partial charge in [-0.25, -0.2) is 4.79 Å². The normalized spacial score (nSPS) is 13.8. The highest BCUT2D eigenvalue weighted by Crippen LogP contribution is 2.47. The van der Waals surface area contributed by atoms with Crippen molar-refractivity contribution in [2.45, 2.75) is 31.3 Å². The Balaban J connectivity index is 1.43. The average molecular weight is 589 g/mol. The fourth-order valence-corrected chi connectivity index (χ4v) is 6.21. The lowest BCUT2D eigenvalue weighted by Crippen LogP contribution is -2.46. The molecule has 4 rings (SSSR count). The monoisotopic (exact) mass is 588 g/mol. The molecule has 11 heteroatoms. The Kier molecular flexibility index (Phi) is 9.96. The molecule has 1 heterocycles. The first-order valence-electron chi connectivity index (χ1n) is 13.3. The number of fused-ring (bicyclic) bond motifs is 1. The Morgan fingerprint density at radius 1 is 0.905 bits per heavy atom. The number of alkyl carbamates (subject to hydrolysis) is 1. The molecule has 0 radical (unpaired) electrons. The summed E-state index contributed by atoms with van der Waals surface area (Å²) >= 11 is 0. The van der Waals surface area contributed by atoms with Crippen LogP contribution in [0, 0.1) is 0 Å². The number of benzene rings is 3. The molecule has 10 nitrogen and oxygen atoms in total. The van der Waals surface area contributed by atoms with Gasteiger partial charge in [0.25, 0.3) is 0 Å². The fourth-order valence-electron chi connectivity index (χ4n) is 4.49. The van der Waals surface area contributed by atoms with Crippen molar-refractivity contribution in [3.05, 3.63) is 120 Å². The number of nitrogens with one attached hydrogen (secondary N) is 3. The zero-order chi connectivity index (χ0) is 30.1. The SMILES string of the molecule is C=C(CP(=O)(O)[C@H](Cc1ccccc1)NC(=O)OCc1ccccc1)C(=O)N[C@@H](Cc1c[nH]c2ccccc12)C(N)=O. The summed E-state index contributed by atoms with van der Waals surface area (Å²) in [5.74, 6) is -2.83. The van der Waals surface area contributed by atoms with Crippen LogP contribution in [-0.2, 0) is 38.3 Å². The molecule has 3 atom stereocenters. The van der Waals surface area contributed by atoms with Crippen molar-refractivity contribution in [1.29, 1.82) is 0 Å². The number of hydrogen-bond acceptors (Lipinski definition) is 5. The van der Waals surface area contributed by atoms with Gasteiger partial charge in [-0.1, -0.05) is 85.4 Å². The number of H-pyrrole nitrogens is 1. The Hall–Kier alpha value is -4.66. The highest BCUT2D eigenvalue weighted by Gasteiger charge is 2.35. The largest absolute Gasteiger partial charge is 0.445 e. The molecule has 0 saturated heterocycles. The van der Waals surface area contributed by atoms with Crippen LogP contribution in [0.25, 0.3) is 10.9 Å². The molecule has 0 saturated carbocycles. The standard InChI is InChI=1S/C31H33N4O6P/c1-21(30(37)34-27(29(32)36)17-24-18-33-26-15-9-8-14-25(24)26)20-42(39,40)28(16-22-10-4-2-5-11-22)35-31(38)41-19-23-12-6-3-7-13-23/h2-15,18,27-28,33H,1,16-17,19-20H2,(H2,32,36)(H,34,37)(H,35,38)(H,39,40)/t27-,28+/m0/s1. The number of ether oxygens (including phenoxy) is 1. The Morgan fingerprint density at radius 3 is 2.19 bits per heavy atom. The molecule has 1 aromatic heterocycles. The molecular formula is C31H33N4O6P. The number of nitrogens with two attached hydrogens (primary N) is 1. The summed E-state index contributed by atoms with van der Waals surface area (Å²) in [5, 5.41) is 5.92. The number of hydrogen-bond donors (Lipinski definition) is 5. The third-order valence-corrected chi connectivity index (χ3v) is 8.86. The van der Waals surface area contributed by atoms with Gasteiger partial charge in [-0.2, -0.15) is 0 Å². The van der Waals surface area contributed by atoms with Gasteiger partial charge in [-0.15, -0.1) is 0 Å². The number of amides is 3. The number of carbonyl (C=O) groups is 3. The summed E-state index contributed by atoms with van der Waals surface area (Å²) in [4.78, 5) is 52.1. The predicted molar refractivity (Wildman–Crippen MR) is 161 cm³/mol. The fraction of sp³-hybridized carbons (Fsp3) is 0.194. The summed E-state index contributed by atoms with van der Waals surface area (Å²) in [7, 11) is -4.28. The van der Waals surface area contributed by atoms with Gasteiger partial charge in [0.2, 0.25) is 19.2 Å². The maximum absolute atomic E-state index is 13.6. The van der Waals surface area contributed by atoms with E-state index in [1.54, 1.807) is 60.8 Å². The van der Waals surface area contributed by atoms with Crippen molar-refractivity contribution in [2.75, 3.05) is 6.16 Å². The lowest BCUT2D eigenvalue weighted by Gasteiger charge is -2.25. The van der Waals surface area contributed by atoms with E-state index in [1.165, 1.54) is 0 Å². The van der Waals surface area contributed by atoms with Gasteiger partial charge in [-0.3, -0.25) is 14.2 Å². The van der Waals surface area contributed by atoms with E-state index >= 15 is 0 Å². The van der Waals surface area contributed by atoms with Crippen LogP contribution in [0.4, 0.5) is 4.79 Å². The highest BCUT2D eigenvalue weighted by molar-refractivity contribution is 7.59. The molecule has 3 amide bonds. The van der Waals surface area contributed by atoms with Crippen LogP contribution in [0.5, 0.6) is 0 Å². The van der Waals surface area contributed by atoms with Gasteiger partial charge >= 0.3 is 6.09 Å². The van der Waals surface area contributed by atoms with Crippen molar-refractivity contribution >= 4 is 36.2 Å². The van der Waals surface area contributed by atoms with Crippen LogP contribution in [-0.4, -0.2) is 45.8 Å². The summed E-state index contributed by atoms with van der Waals surface area (Å²) in [6.45, 7) is 3.67. The molecular weight excluding hydrogens is 555 g/mol. The first-order chi connectivity index (χ1) is 20.1. The predicted octanol–water partition coefficient (Wildman–Crippen LogP) is 4.00. The number of para-hydroxylation sites is 1. The minimum atomic E-state index is -4.28. The van der Waals surface area contributed by atoms with Gasteiger partial charge < -0.3 is 31.0 Å². The van der Waals surface area contributed by atoms with E-state index in [1.807, 2.05) is 30.3 Å². The zero-order valence-electron chi connectivity index (χ0n) is 22.9. The molecule has 1 unspecified atom stereocenters. The molecule has 3 aromatic carbocycles. The minimum absolute atomic E-state index is 0.00836. The summed E-state index contributed by atoms with van der Waals surface area (Å²) in [6, 6.07) is 24.3. The van der Waals surface area contributed by atoms with E-state index in [9.17, 15) is 23.8 Å². The quantitative estimate of drug-likeness (QED) is 0.117. The zero-order valence-corrected chi connectivity index (χ0v) is 23.8. The van der Waals surface area contributed by atoms with E-state index in [0.717, 1.165) is 22.0 Å². The molecule has 0 spiro atoms. The third-order valence-electron chi connectivity index (χ3n) is 6.74. The second kappa shape index (κ2) is 13.8. The second-order valence-corrected chi connectivity index (χ2v) is 12.4. The van der Waals surface area contributed by atoms with Crippen LogP contribution < -0.4 is 16.4 Å². The third kappa shape index (κ3) is 8.19. The van der Waals surface area contributed by atoms with Gasteiger partial charge in [0.05, 0.1) is 6.16 Å². The van der Waals surface area contributed by atoms with Gasteiger partial charge in [0.15, 0.2) is 0 Å². The molecule has 0 aliphatic heterocycles. The molecule has 218 valence electrons. The van der Waals surface area contributed by atoms with E-state index in [2.05, 4.69) is 22.2 Å². The number of aromatic nitrogens is 1. The van der Waals surface area contributed by atoms with Gasteiger partial charge in [-0.05, 0) is 22.8 Å². The first kappa shape index (κ1) is 30.3. The van der Waals surface area contributed by atoms with Crippen LogP contribution in [0.3, 0.4) is 0 Å². The van der Waals surface area contributed by atoms with Crippen LogP contribution in [0.2, 0.25) is 0 Å². The van der Waals surface area contributed by atoms with E-state index in [4.69, 9.17) is 10.5 Å². The Labute approximate surface area is 243 Å². The molecule has 0 aliphatic carbocycles. The smallest absolute Gasteiger partial charge is 0.408 e. The summed E-state index contributed by atoms with van der Waals surface area (Å²) < 4.78 is 18.9. The van der Waals surface area contributed by atoms with Crippen LogP contribution in [0.15, 0.2) is 103 Å². The van der Waals surface area contributed by atoms with E-state index in [0.29, 0.717) is 5.56 Å². The van der Waals surface area contributed by atoms with Gasteiger partial charge in [0.1, 0.15) is 18.4 Å².